The molecule has 3 heterocycles. The molecule has 0 aliphatic carbocycles. The molecule has 0 radical (unpaired) electrons. The van der Waals surface area contributed by atoms with Gasteiger partial charge < -0.3 is 4.74 Å². The average Bonchev–Trinajstić information content (AvgIpc) is 2.69. The third-order valence-corrected chi connectivity index (χ3v) is 5.69. The Morgan fingerprint density at radius 1 is 1.40 bits per heavy atom. The Balaban J connectivity index is 2.05. The molecule has 1 aromatic heterocycles. The Labute approximate surface area is 120 Å². The Morgan fingerprint density at radius 3 is 2.60 bits per heavy atom. The van der Waals surface area contributed by atoms with Gasteiger partial charge in [0.25, 0.3) is 0 Å². The fourth-order valence-electron chi connectivity index (χ4n) is 2.65. The molecule has 0 aromatic carbocycles. The number of ether oxygens (including phenoxy) is 1. The number of rotatable bonds is 2. The second-order valence-electron chi connectivity index (χ2n) is 6.28. The van der Waals surface area contributed by atoms with Gasteiger partial charge in [0, 0.05) is 6.54 Å². The summed E-state index contributed by atoms with van der Waals surface area (Å²) in [6, 6.07) is 3.62. The molecule has 1 spiro atoms. The van der Waals surface area contributed by atoms with E-state index >= 15 is 0 Å². The van der Waals surface area contributed by atoms with E-state index in [0.717, 1.165) is 17.5 Å². The van der Waals surface area contributed by atoms with Crippen LogP contribution in [0.25, 0.3) is 0 Å². The topological polar surface area (TPSA) is 59.5 Å². The van der Waals surface area contributed by atoms with Crippen LogP contribution in [0.1, 0.15) is 42.5 Å². The summed E-state index contributed by atoms with van der Waals surface area (Å²) in [5, 5.41) is 0. The van der Waals surface area contributed by atoms with E-state index in [1.807, 2.05) is 31.1 Å². The van der Waals surface area contributed by atoms with Crippen LogP contribution in [-0.4, -0.2) is 37.7 Å². The highest BCUT2D eigenvalue weighted by Crippen LogP contribution is 2.45. The zero-order chi connectivity index (χ0) is 14.5. The van der Waals surface area contributed by atoms with Crippen molar-refractivity contribution in [1.29, 1.82) is 0 Å². The minimum Gasteiger partial charge on any atom is -0.376 e. The van der Waals surface area contributed by atoms with Crippen LogP contribution in [0.2, 0.25) is 0 Å². The first kappa shape index (κ1) is 13.9. The lowest BCUT2D eigenvalue weighted by atomic mass is 9.93. The summed E-state index contributed by atoms with van der Waals surface area (Å²) in [4.78, 5) is 15.4. The molecule has 6 heteroatoms. The monoisotopic (exact) mass is 294 g/mol. The lowest BCUT2D eigenvalue weighted by Gasteiger charge is -2.45. The standard InChI is InChI=1S/C14H18N2O3S/c1-13(2,3)20(18)16-6-10-4-5-11(7-17)15-12(10)14(16)8-19-9-14/h4-5,7H,6,8-9H2,1-3H3. The van der Waals surface area contributed by atoms with Gasteiger partial charge in [-0.05, 0) is 32.4 Å². The zero-order valence-corrected chi connectivity index (χ0v) is 12.7. The highest BCUT2D eigenvalue weighted by Gasteiger charge is 2.56. The first-order valence-electron chi connectivity index (χ1n) is 6.61. The van der Waals surface area contributed by atoms with Crippen LogP contribution in [0.15, 0.2) is 12.1 Å². The number of aldehydes is 1. The SMILES string of the molecule is CC(C)(C)S(=O)N1Cc2ccc(C=O)nc2C12COC2. The molecular formula is C14H18N2O3S. The largest absolute Gasteiger partial charge is 0.376 e. The highest BCUT2D eigenvalue weighted by molar-refractivity contribution is 7.84. The van der Waals surface area contributed by atoms with Crippen LogP contribution in [0.4, 0.5) is 0 Å². The summed E-state index contributed by atoms with van der Waals surface area (Å²) in [5.74, 6) is 0. The molecule has 0 saturated carbocycles. The van der Waals surface area contributed by atoms with E-state index in [1.165, 1.54) is 0 Å². The molecule has 108 valence electrons. The molecule has 5 nitrogen and oxygen atoms in total. The molecular weight excluding hydrogens is 276 g/mol. The second kappa shape index (κ2) is 4.44. The van der Waals surface area contributed by atoms with Crippen LogP contribution in [0, 0.1) is 0 Å². The number of hydrogen-bond donors (Lipinski definition) is 0. The molecule has 2 aliphatic heterocycles. The molecule has 1 unspecified atom stereocenters. The van der Waals surface area contributed by atoms with Crippen LogP contribution in [0.5, 0.6) is 0 Å². The van der Waals surface area contributed by atoms with Gasteiger partial charge in [-0.25, -0.2) is 13.5 Å². The van der Waals surface area contributed by atoms with E-state index in [9.17, 15) is 9.00 Å². The molecule has 0 amide bonds. The average molecular weight is 294 g/mol. The van der Waals surface area contributed by atoms with Crippen molar-refractivity contribution >= 4 is 17.3 Å². The first-order valence-corrected chi connectivity index (χ1v) is 7.72. The first-order chi connectivity index (χ1) is 9.38. The van der Waals surface area contributed by atoms with Crippen molar-refractivity contribution in [3.8, 4) is 0 Å². The maximum Gasteiger partial charge on any atom is 0.168 e. The van der Waals surface area contributed by atoms with E-state index in [-0.39, 0.29) is 4.75 Å². The Morgan fingerprint density at radius 2 is 2.10 bits per heavy atom. The number of fused-ring (bicyclic) bond motifs is 2. The summed E-state index contributed by atoms with van der Waals surface area (Å²) in [6.07, 6.45) is 0.747. The minimum atomic E-state index is -1.14. The number of carbonyl (C=O) groups is 1. The van der Waals surface area contributed by atoms with Crippen molar-refractivity contribution in [2.45, 2.75) is 37.6 Å². The number of carbonyl (C=O) groups excluding carboxylic acids is 1. The van der Waals surface area contributed by atoms with Gasteiger partial charge in [0.2, 0.25) is 0 Å². The fourth-order valence-corrected chi connectivity index (χ4v) is 4.07. The van der Waals surface area contributed by atoms with Crippen molar-refractivity contribution in [3.05, 3.63) is 29.1 Å². The van der Waals surface area contributed by atoms with Gasteiger partial charge in [-0.2, -0.15) is 0 Å². The van der Waals surface area contributed by atoms with Gasteiger partial charge in [0.15, 0.2) is 6.29 Å². The van der Waals surface area contributed by atoms with Crippen molar-refractivity contribution in [1.82, 2.24) is 9.29 Å². The molecule has 1 atom stereocenters. The van der Waals surface area contributed by atoms with E-state index in [4.69, 9.17) is 4.74 Å². The van der Waals surface area contributed by atoms with Crippen LogP contribution < -0.4 is 0 Å². The molecule has 2 aliphatic rings. The van der Waals surface area contributed by atoms with E-state index < -0.39 is 16.5 Å². The molecule has 3 rings (SSSR count). The normalized spacial score (nSPS) is 22.4. The third-order valence-electron chi connectivity index (χ3n) is 3.76. The smallest absolute Gasteiger partial charge is 0.168 e. The summed E-state index contributed by atoms with van der Waals surface area (Å²) < 4.78 is 19.8. The summed E-state index contributed by atoms with van der Waals surface area (Å²) in [5.41, 5.74) is 1.88. The predicted molar refractivity (Wildman–Crippen MR) is 75.6 cm³/mol. The molecule has 20 heavy (non-hydrogen) atoms. The quantitative estimate of drug-likeness (QED) is 0.774. The number of pyridine rings is 1. The maximum atomic E-state index is 12.8. The number of nitrogens with zero attached hydrogens (tertiary/aromatic N) is 2. The van der Waals surface area contributed by atoms with Crippen LogP contribution >= 0.6 is 0 Å². The number of hydrogen-bond acceptors (Lipinski definition) is 4. The van der Waals surface area contributed by atoms with E-state index in [0.29, 0.717) is 25.5 Å². The van der Waals surface area contributed by atoms with Crippen molar-refractivity contribution in [2.75, 3.05) is 13.2 Å². The van der Waals surface area contributed by atoms with Crippen LogP contribution in [0.3, 0.4) is 0 Å². The molecule has 1 saturated heterocycles. The minimum absolute atomic E-state index is 0.335. The maximum absolute atomic E-state index is 12.8. The van der Waals surface area contributed by atoms with Gasteiger partial charge >= 0.3 is 0 Å². The highest BCUT2D eigenvalue weighted by atomic mass is 32.2. The predicted octanol–water partition coefficient (Wildman–Crippen LogP) is 1.40. The Bertz CT molecular complexity index is 591. The lowest BCUT2D eigenvalue weighted by molar-refractivity contribution is -0.111. The van der Waals surface area contributed by atoms with Gasteiger partial charge in [-0.15, -0.1) is 0 Å². The molecule has 0 bridgehead atoms. The second-order valence-corrected chi connectivity index (χ2v) is 8.45. The van der Waals surface area contributed by atoms with Gasteiger partial charge in [0.05, 0.1) is 23.7 Å². The van der Waals surface area contributed by atoms with Gasteiger partial charge in [-0.3, -0.25) is 4.79 Å². The summed E-state index contributed by atoms with van der Waals surface area (Å²) in [7, 11) is -1.14. The van der Waals surface area contributed by atoms with Gasteiger partial charge in [0.1, 0.15) is 22.2 Å². The summed E-state index contributed by atoms with van der Waals surface area (Å²) >= 11 is 0. The molecule has 0 N–H and O–H groups in total. The lowest BCUT2D eigenvalue weighted by Crippen LogP contribution is -2.58. The van der Waals surface area contributed by atoms with Crippen molar-refractivity contribution < 1.29 is 13.7 Å². The molecule has 1 aromatic rings. The number of aromatic nitrogens is 1. The Kier molecular flexibility index (Phi) is 3.08. The van der Waals surface area contributed by atoms with E-state index in [2.05, 4.69) is 4.98 Å². The fraction of sp³-hybridized carbons (Fsp3) is 0.571. The molecule has 1 fully saturated rings. The Hall–Kier alpha value is -1.11. The van der Waals surface area contributed by atoms with Crippen molar-refractivity contribution in [2.24, 2.45) is 0 Å². The van der Waals surface area contributed by atoms with E-state index in [1.54, 1.807) is 6.07 Å². The van der Waals surface area contributed by atoms with Gasteiger partial charge in [-0.1, -0.05) is 6.07 Å². The summed E-state index contributed by atoms with van der Waals surface area (Å²) in [6.45, 7) is 7.44. The van der Waals surface area contributed by atoms with Crippen LogP contribution in [-0.2, 0) is 27.8 Å². The third kappa shape index (κ3) is 1.86. The zero-order valence-electron chi connectivity index (χ0n) is 11.9. The van der Waals surface area contributed by atoms with Crippen molar-refractivity contribution in [3.63, 3.8) is 0 Å².